The molecule has 0 aliphatic carbocycles. The smallest absolute Gasteiger partial charge is 0.256 e. The Balaban J connectivity index is 1.54. The van der Waals surface area contributed by atoms with Crippen molar-refractivity contribution in [2.24, 2.45) is 0 Å². The molecular formula is C23H27N5O. The molecule has 1 aliphatic rings. The number of aromatic nitrogens is 3. The summed E-state index contributed by atoms with van der Waals surface area (Å²) in [4.78, 5) is 19.5. The summed E-state index contributed by atoms with van der Waals surface area (Å²) in [6.45, 7) is 7.64. The van der Waals surface area contributed by atoms with Crippen molar-refractivity contribution in [2.45, 2.75) is 32.9 Å². The van der Waals surface area contributed by atoms with Crippen LogP contribution < -0.4 is 0 Å². The number of carbonyl (C=O) groups is 1. The number of carbonyl (C=O) groups excluding carboxylic acids is 1. The summed E-state index contributed by atoms with van der Waals surface area (Å²) in [5.74, 6) is 0.0510. The molecule has 1 saturated heterocycles. The molecule has 0 spiro atoms. The Morgan fingerprint density at radius 2 is 1.79 bits per heavy atom. The van der Waals surface area contributed by atoms with Gasteiger partial charge < -0.3 is 4.90 Å². The Morgan fingerprint density at radius 1 is 1.03 bits per heavy atom. The van der Waals surface area contributed by atoms with Gasteiger partial charge in [-0.1, -0.05) is 42.0 Å². The molecule has 3 aromatic rings. The number of hydrogen-bond acceptors (Lipinski definition) is 4. The van der Waals surface area contributed by atoms with E-state index in [-0.39, 0.29) is 11.9 Å². The van der Waals surface area contributed by atoms with Gasteiger partial charge >= 0.3 is 0 Å². The molecule has 2 aromatic carbocycles. The summed E-state index contributed by atoms with van der Waals surface area (Å²) in [6.07, 6.45) is 4.22. The van der Waals surface area contributed by atoms with Crippen LogP contribution in [0, 0.1) is 6.92 Å². The van der Waals surface area contributed by atoms with E-state index in [1.807, 2.05) is 36.1 Å². The quantitative estimate of drug-likeness (QED) is 0.687. The van der Waals surface area contributed by atoms with Gasteiger partial charge in [0.05, 0.1) is 23.6 Å². The van der Waals surface area contributed by atoms with E-state index in [2.05, 4.69) is 46.3 Å². The fourth-order valence-electron chi connectivity index (χ4n) is 3.90. The van der Waals surface area contributed by atoms with E-state index in [1.54, 1.807) is 12.4 Å². The monoisotopic (exact) mass is 389 g/mol. The van der Waals surface area contributed by atoms with Crippen LogP contribution in [-0.4, -0.2) is 56.4 Å². The molecule has 150 valence electrons. The first-order valence-electron chi connectivity index (χ1n) is 10.2. The van der Waals surface area contributed by atoms with Crippen molar-refractivity contribution >= 4 is 5.91 Å². The van der Waals surface area contributed by atoms with Crippen LogP contribution in [0.2, 0.25) is 0 Å². The molecule has 1 fully saturated rings. The van der Waals surface area contributed by atoms with Crippen LogP contribution in [0.25, 0.3) is 5.69 Å². The molecule has 1 aliphatic heterocycles. The number of aryl methyl sites for hydroxylation is 1. The molecule has 2 heterocycles. The maximum atomic E-state index is 13.5. The first kappa shape index (κ1) is 19.3. The van der Waals surface area contributed by atoms with Gasteiger partial charge in [-0.25, -0.2) is 0 Å². The fraction of sp³-hybridized carbons (Fsp3) is 0.348. The fourth-order valence-corrected chi connectivity index (χ4v) is 3.90. The minimum Gasteiger partial charge on any atom is -0.335 e. The zero-order valence-corrected chi connectivity index (χ0v) is 17.0. The Morgan fingerprint density at radius 3 is 2.55 bits per heavy atom. The zero-order valence-electron chi connectivity index (χ0n) is 17.0. The molecule has 0 saturated carbocycles. The first-order valence-corrected chi connectivity index (χ1v) is 10.2. The molecule has 0 N–H and O–H groups in total. The van der Waals surface area contributed by atoms with Gasteiger partial charge in [0, 0.05) is 32.2 Å². The molecule has 6 nitrogen and oxygen atoms in total. The highest BCUT2D eigenvalue weighted by Gasteiger charge is 2.27. The van der Waals surface area contributed by atoms with Crippen molar-refractivity contribution in [3.8, 4) is 5.69 Å². The van der Waals surface area contributed by atoms with E-state index in [9.17, 15) is 4.79 Å². The van der Waals surface area contributed by atoms with E-state index in [0.29, 0.717) is 12.1 Å². The first-order chi connectivity index (χ1) is 14.1. The summed E-state index contributed by atoms with van der Waals surface area (Å²) in [7, 11) is 0. The summed E-state index contributed by atoms with van der Waals surface area (Å²) < 4.78 is 0. The molecule has 4 rings (SSSR count). The number of rotatable bonds is 4. The Kier molecular flexibility index (Phi) is 5.71. The Bertz CT molecular complexity index is 955. The average Bonchev–Trinajstić information content (AvgIpc) is 3.20. The van der Waals surface area contributed by atoms with Crippen LogP contribution in [0.4, 0.5) is 0 Å². The minimum absolute atomic E-state index is 0.0510. The molecule has 6 heteroatoms. The van der Waals surface area contributed by atoms with Crippen molar-refractivity contribution in [3.63, 3.8) is 0 Å². The third-order valence-corrected chi connectivity index (χ3v) is 5.58. The lowest BCUT2D eigenvalue weighted by molar-refractivity contribution is 0.0700. The molecular weight excluding hydrogens is 362 g/mol. The second kappa shape index (κ2) is 8.57. The van der Waals surface area contributed by atoms with E-state index in [4.69, 9.17) is 0 Å². The van der Waals surface area contributed by atoms with Gasteiger partial charge in [-0.2, -0.15) is 15.0 Å². The van der Waals surface area contributed by atoms with Gasteiger partial charge in [0.1, 0.15) is 0 Å². The standard InChI is InChI=1S/C23H27N5O/c1-18-8-9-22(28-24-11-12-25-28)21(16-18)23(29)27-15-14-26(13-10-19(27)2)17-20-6-4-3-5-7-20/h3-9,11-12,16,19H,10,13-15,17H2,1-2H3/t19-/m0/s1. The highest BCUT2D eigenvalue weighted by molar-refractivity contribution is 5.98. The third kappa shape index (κ3) is 4.38. The molecule has 1 atom stereocenters. The zero-order chi connectivity index (χ0) is 20.2. The third-order valence-electron chi connectivity index (χ3n) is 5.58. The lowest BCUT2D eigenvalue weighted by Crippen LogP contribution is -2.40. The van der Waals surface area contributed by atoms with Gasteiger partial charge in [0.2, 0.25) is 0 Å². The second-order valence-electron chi connectivity index (χ2n) is 7.74. The van der Waals surface area contributed by atoms with E-state index in [0.717, 1.165) is 37.3 Å². The topological polar surface area (TPSA) is 54.3 Å². The number of hydrogen-bond donors (Lipinski definition) is 0. The second-order valence-corrected chi connectivity index (χ2v) is 7.74. The van der Waals surface area contributed by atoms with Crippen LogP contribution in [0.5, 0.6) is 0 Å². The summed E-state index contributed by atoms with van der Waals surface area (Å²) in [5.41, 5.74) is 3.75. The van der Waals surface area contributed by atoms with Gasteiger partial charge in [-0.05, 0) is 38.0 Å². The molecule has 0 bridgehead atoms. The summed E-state index contributed by atoms with van der Waals surface area (Å²) in [6, 6.07) is 16.6. The molecule has 1 aromatic heterocycles. The lowest BCUT2D eigenvalue weighted by atomic mass is 10.1. The Labute approximate surface area is 171 Å². The van der Waals surface area contributed by atoms with Gasteiger partial charge in [-0.15, -0.1) is 0 Å². The van der Waals surface area contributed by atoms with Crippen LogP contribution >= 0.6 is 0 Å². The SMILES string of the molecule is Cc1ccc(-n2nccn2)c(C(=O)N2CCN(Cc3ccccc3)CC[C@@H]2C)c1. The maximum Gasteiger partial charge on any atom is 0.256 e. The Hall–Kier alpha value is -2.99. The van der Waals surface area contributed by atoms with Gasteiger partial charge in [0.25, 0.3) is 5.91 Å². The predicted octanol–water partition coefficient (Wildman–Crippen LogP) is 3.31. The molecule has 29 heavy (non-hydrogen) atoms. The highest BCUT2D eigenvalue weighted by atomic mass is 16.2. The van der Waals surface area contributed by atoms with Crippen molar-refractivity contribution < 1.29 is 4.79 Å². The van der Waals surface area contributed by atoms with Gasteiger partial charge in [-0.3, -0.25) is 9.69 Å². The number of amides is 1. The largest absolute Gasteiger partial charge is 0.335 e. The lowest BCUT2D eigenvalue weighted by Gasteiger charge is -2.27. The van der Waals surface area contributed by atoms with E-state index in [1.165, 1.54) is 10.4 Å². The van der Waals surface area contributed by atoms with Crippen molar-refractivity contribution in [1.82, 2.24) is 24.8 Å². The predicted molar refractivity (Wildman–Crippen MR) is 113 cm³/mol. The minimum atomic E-state index is 0.0510. The van der Waals surface area contributed by atoms with Gasteiger partial charge in [0.15, 0.2) is 0 Å². The van der Waals surface area contributed by atoms with E-state index >= 15 is 0 Å². The van der Waals surface area contributed by atoms with E-state index < -0.39 is 0 Å². The van der Waals surface area contributed by atoms with Crippen LogP contribution in [0.1, 0.15) is 34.8 Å². The normalized spacial score (nSPS) is 17.9. The van der Waals surface area contributed by atoms with Crippen molar-refractivity contribution in [3.05, 3.63) is 77.6 Å². The molecule has 1 amide bonds. The van der Waals surface area contributed by atoms with Crippen LogP contribution in [-0.2, 0) is 6.54 Å². The van der Waals surface area contributed by atoms with Crippen LogP contribution in [0.3, 0.4) is 0 Å². The van der Waals surface area contributed by atoms with Crippen molar-refractivity contribution in [1.29, 1.82) is 0 Å². The molecule has 0 unspecified atom stereocenters. The summed E-state index contributed by atoms with van der Waals surface area (Å²) >= 11 is 0. The number of nitrogens with zero attached hydrogens (tertiary/aromatic N) is 5. The number of benzene rings is 2. The van der Waals surface area contributed by atoms with Crippen molar-refractivity contribution in [2.75, 3.05) is 19.6 Å². The maximum absolute atomic E-state index is 13.5. The van der Waals surface area contributed by atoms with Crippen LogP contribution in [0.15, 0.2) is 60.9 Å². The average molecular weight is 390 g/mol. The highest BCUT2D eigenvalue weighted by Crippen LogP contribution is 2.21. The summed E-state index contributed by atoms with van der Waals surface area (Å²) in [5, 5.41) is 8.45. The molecule has 0 radical (unpaired) electrons.